The van der Waals surface area contributed by atoms with Crippen LogP contribution >= 0.6 is 23.2 Å². The summed E-state index contributed by atoms with van der Waals surface area (Å²) in [6.07, 6.45) is 1.99. The van der Waals surface area contributed by atoms with Crippen LogP contribution in [0.1, 0.15) is 35.7 Å². The van der Waals surface area contributed by atoms with Gasteiger partial charge in [0.2, 0.25) is 5.88 Å². The van der Waals surface area contributed by atoms with Crippen LogP contribution in [0, 0.1) is 6.92 Å². The van der Waals surface area contributed by atoms with Crippen LogP contribution in [0.2, 0.25) is 10.0 Å². The first-order valence-corrected chi connectivity index (χ1v) is 10.2. The Kier molecular flexibility index (Phi) is 7.13. The Morgan fingerprint density at radius 1 is 1.10 bits per heavy atom. The van der Waals surface area contributed by atoms with Gasteiger partial charge in [-0.05, 0) is 55.3 Å². The highest BCUT2D eigenvalue weighted by Crippen LogP contribution is 2.32. The molecule has 0 saturated heterocycles. The van der Waals surface area contributed by atoms with Crippen molar-refractivity contribution in [2.24, 2.45) is 0 Å². The zero-order valence-corrected chi connectivity index (χ0v) is 17.8. The lowest BCUT2D eigenvalue weighted by atomic mass is 10.0. The molecule has 150 valence electrons. The van der Waals surface area contributed by atoms with E-state index in [4.69, 9.17) is 27.9 Å². The monoisotopic (exact) mass is 428 g/mol. The molecule has 1 heterocycles. The summed E-state index contributed by atoms with van der Waals surface area (Å²) in [6, 6.07) is 16.1. The van der Waals surface area contributed by atoms with Gasteiger partial charge in [-0.1, -0.05) is 48.7 Å². The van der Waals surface area contributed by atoms with Crippen LogP contribution < -0.4 is 10.1 Å². The lowest BCUT2D eigenvalue weighted by Gasteiger charge is -2.11. The number of hydrogen-bond acceptors (Lipinski definition) is 3. The normalized spacial score (nSPS) is 10.6. The standard InChI is InChI=1S/C23H22Cl2N2O2/c1-3-4-12-26-23(28)16-9-8-15(2)18(13-16)20-6-5-7-22(27-20)29-21-11-10-17(24)14-19(21)25/h5-11,13-14H,3-4,12H2,1-2H3,(H,26,28). The third-order valence-corrected chi connectivity index (χ3v) is 4.95. The van der Waals surface area contributed by atoms with E-state index < -0.39 is 0 Å². The van der Waals surface area contributed by atoms with E-state index in [0.29, 0.717) is 39.5 Å². The summed E-state index contributed by atoms with van der Waals surface area (Å²) in [5, 5.41) is 3.89. The molecular formula is C23H22Cl2N2O2. The molecule has 0 radical (unpaired) electrons. The molecule has 1 amide bonds. The molecular weight excluding hydrogens is 407 g/mol. The molecule has 0 aliphatic carbocycles. The molecule has 3 rings (SSSR count). The molecule has 0 fully saturated rings. The minimum absolute atomic E-state index is 0.0833. The maximum Gasteiger partial charge on any atom is 0.251 e. The summed E-state index contributed by atoms with van der Waals surface area (Å²) in [5.74, 6) is 0.797. The Labute approximate surface area is 180 Å². The molecule has 0 unspecified atom stereocenters. The van der Waals surface area contributed by atoms with Gasteiger partial charge in [0.25, 0.3) is 5.91 Å². The number of pyridine rings is 1. The van der Waals surface area contributed by atoms with Crippen molar-refractivity contribution in [2.75, 3.05) is 6.54 Å². The Balaban J connectivity index is 1.86. The number of rotatable bonds is 7. The molecule has 2 aromatic carbocycles. The number of aryl methyl sites for hydroxylation is 1. The van der Waals surface area contributed by atoms with Crippen LogP contribution in [0.25, 0.3) is 11.3 Å². The lowest BCUT2D eigenvalue weighted by Crippen LogP contribution is -2.24. The van der Waals surface area contributed by atoms with Crippen LogP contribution in [-0.2, 0) is 0 Å². The van der Waals surface area contributed by atoms with E-state index >= 15 is 0 Å². The number of benzene rings is 2. The number of amides is 1. The van der Waals surface area contributed by atoms with Crippen molar-refractivity contribution in [3.63, 3.8) is 0 Å². The lowest BCUT2D eigenvalue weighted by molar-refractivity contribution is 0.0953. The third kappa shape index (κ3) is 5.49. The zero-order chi connectivity index (χ0) is 20.8. The Morgan fingerprint density at radius 3 is 2.69 bits per heavy atom. The average Bonchev–Trinajstić information content (AvgIpc) is 2.71. The minimum atomic E-state index is -0.0833. The summed E-state index contributed by atoms with van der Waals surface area (Å²) in [6.45, 7) is 4.75. The van der Waals surface area contributed by atoms with Crippen molar-refractivity contribution < 1.29 is 9.53 Å². The molecule has 29 heavy (non-hydrogen) atoms. The largest absolute Gasteiger partial charge is 0.437 e. The van der Waals surface area contributed by atoms with Gasteiger partial charge in [-0.25, -0.2) is 4.98 Å². The third-order valence-electron chi connectivity index (χ3n) is 4.42. The van der Waals surface area contributed by atoms with Crippen molar-refractivity contribution in [1.82, 2.24) is 10.3 Å². The molecule has 0 bridgehead atoms. The van der Waals surface area contributed by atoms with Crippen LogP contribution in [0.4, 0.5) is 0 Å². The second-order valence-corrected chi connectivity index (χ2v) is 7.52. The Hall–Kier alpha value is -2.56. The molecule has 1 aromatic heterocycles. The van der Waals surface area contributed by atoms with Gasteiger partial charge < -0.3 is 10.1 Å². The highest BCUT2D eigenvalue weighted by atomic mass is 35.5. The number of aromatic nitrogens is 1. The fourth-order valence-electron chi connectivity index (χ4n) is 2.81. The first kappa shape index (κ1) is 21.2. The van der Waals surface area contributed by atoms with Crippen LogP contribution in [0.3, 0.4) is 0 Å². The second kappa shape index (κ2) is 9.77. The summed E-state index contributed by atoms with van der Waals surface area (Å²) < 4.78 is 5.83. The van der Waals surface area contributed by atoms with Crippen LogP contribution in [0.15, 0.2) is 54.6 Å². The molecule has 0 saturated carbocycles. The maximum absolute atomic E-state index is 12.4. The zero-order valence-electron chi connectivity index (χ0n) is 16.3. The number of ether oxygens (including phenoxy) is 1. The molecule has 0 aliphatic rings. The predicted molar refractivity (Wildman–Crippen MR) is 118 cm³/mol. The SMILES string of the molecule is CCCCNC(=O)c1ccc(C)c(-c2cccc(Oc3ccc(Cl)cc3Cl)n2)c1. The molecule has 1 N–H and O–H groups in total. The molecule has 0 atom stereocenters. The van der Waals surface area contributed by atoms with Gasteiger partial charge in [0.15, 0.2) is 0 Å². The van der Waals surface area contributed by atoms with Gasteiger partial charge >= 0.3 is 0 Å². The Morgan fingerprint density at radius 2 is 1.93 bits per heavy atom. The van der Waals surface area contributed by atoms with E-state index in [1.165, 1.54) is 0 Å². The van der Waals surface area contributed by atoms with Crippen LogP contribution in [-0.4, -0.2) is 17.4 Å². The molecule has 6 heteroatoms. The number of halogens is 2. The summed E-state index contributed by atoms with van der Waals surface area (Å²) in [7, 11) is 0. The van der Waals surface area contributed by atoms with Gasteiger partial charge in [-0.3, -0.25) is 4.79 Å². The fraction of sp³-hybridized carbons (Fsp3) is 0.217. The van der Waals surface area contributed by atoms with Crippen LogP contribution in [0.5, 0.6) is 11.6 Å². The molecule has 3 aromatic rings. The van der Waals surface area contributed by atoms with Crippen molar-refractivity contribution in [2.45, 2.75) is 26.7 Å². The molecule has 4 nitrogen and oxygen atoms in total. The number of carbonyl (C=O) groups excluding carboxylic acids is 1. The number of nitrogens with zero attached hydrogens (tertiary/aromatic N) is 1. The quantitative estimate of drug-likeness (QED) is 0.426. The number of unbranched alkanes of at least 4 members (excludes halogenated alkanes) is 1. The van der Waals surface area contributed by atoms with Gasteiger partial charge in [0.05, 0.1) is 10.7 Å². The number of nitrogens with one attached hydrogen (secondary N) is 1. The fourth-order valence-corrected chi connectivity index (χ4v) is 3.26. The molecule has 0 spiro atoms. The van der Waals surface area contributed by atoms with Gasteiger partial charge in [-0.2, -0.15) is 0 Å². The average molecular weight is 429 g/mol. The Bertz CT molecular complexity index is 1020. The van der Waals surface area contributed by atoms with E-state index in [-0.39, 0.29) is 5.91 Å². The van der Waals surface area contributed by atoms with Crippen molar-refractivity contribution in [1.29, 1.82) is 0 Å². The first-order chi connectivity index (χ1) is 14.0. The highest BCUT2D eigenvalue weighted by molar-refractivity contribution is 6.35. The van der Waals surface area contributed by atoms with E-state index in [1.807, 2.05) is 37.3 Å². The number of carbonyl (C=O) groups is 1. The van der Waals surface area contributed by atoms with E-state index in [2.05, 4.69) is 17.2 Å². The van der Waals surface area contributed by atoms with E-state index in [9.17, 15) is 4.79 Å². The topological polar surface area (TPSA) is 51.2 Å². The van der Waals surface area contributed by atoms with E-state index in [1.54, 1.807) is 24.3 Å². The van der Waals surface area contributed by atoms with Crippen molar-refractivity contribution in [3.8, 4) is 22.9 Å². The van der Waals surface area contributed by atoms with Gasteiger partial charge in [0, 0.05) is 28.8 Å². The summed E-state index contributed by atoms with van der Waals surface area (Å²) >= 11 is 12.1. The van der Waals surface area contributed by atoms with Crippen molar-refractivity contribution >= 4 is 29.1 Å². The summed E-state index contributed by atoms with van der Waals surface area (Å²) in [5.41, 5.74) is 3.22. The predicted octanol–water partition coefficient (Wildman–Crippen LogP) is 6.69. The molecule has 0 aliphatic heterocycles. The number of hydrogen-bond donors (Lipinski definition) is 1. The highest BCUT2D eigenvalue weighted by Gasteiger charge is 2.12. The van der Waals surface area contributed by atoms with Gasteiger partial charge in [0.1, 0.15) is 5.75 Å². The van der Waals surface area contributed by atoms with Crippen molar-refractivity contribution in [3.05, 3.63) is 75.8 Å². The second-order valence-electron chi connectivity index (χ2n) is 6.68. The van der Waals surface area contributed by atoms with E-state index in [0.717, 1.165) is 24.0 Å². The minimum Gasteiger partial charge on any atom is -0.437 e. The summed E-state index contributed by atoms with van der Waals surface area (Å²) in [4.78, 5) is 17.0. The maximum atomic E-state index is 12.4. The van der Waals surface area contributed by atoms with Gasteiger partial charge in [-0.15, -0.1) is 0 Å². The smallest absolute Gasteiger partial charge is 0.251 e. The first-order valence-electron chi connectivity index (χ1n) is 9.47.